The van der Waals surface area contributed by atoms with Crippen molar-refractivity contribution in [3.05, 3.63) is 53.9 Å². The van der Waals surface area contributed by atoms with E-state index in [0.29, 0.717) is 11.3 Å². The third-order valence-electron chi connectivity index (χ3n) is 3.46. The van der Waals surface area contributed by atoms with Crippen LogP contribution in [0.25, 0.3) is 11.0 Å². The molecule has 1 aromatic heterocycles. The largest absolute Gasteiger partial charge is 0.497 e. The topological polar surface area (TPSA) is 67.0 Å². The molecule has 0 bridgehead atoms. The number of ether oxygens (including phenoxy) is 1. The molecule has 0 aliphatic heterocycles. The number of hydrogen-bond acceptors (Lipinski definition) is 3. The van der Waals surface area contributed by atoms with Crippen molar-refractivity contribution < 1.29 is 9.53 Å². The first-order valence-electron chi connectivity index (χ1n) is 7.13. The van der Waals surface area contributed by atoms with Crippen LogP contribution >= 0.6 is 0 Å². The number of aromatic amines is 1. The zero-order valence-corrected chi connectivity index (χ0v) is 12.5. The Balaban J connectivity index is 1.83. The first-order valence-corrected chi connectivity index (χ1v) is 7.13. The smallest absolute Gasteiger partial charge is 0.255 e. The van der Waals surface area contributed by atoms with Gasteiger partial charge in [-0.05, 0) is 36.4 Å². The van der Waals surface area contributed by atoms with Crippen molar-refractivity contribution in [3.63, 3.8) is 0 Å². The van der Waals surface area contributed by atoms with Crippen LogP contribution < -0.4 is 10.1 Å². The molecule has 0 saturated heterocycles. The quantitative estimate of drug-likeness (QED) is 0.775. The molecule has 0 saturated carbocycles. The van der Waals surface area contributed by atoms with Crippen LogP contribution in [0.15, 0.2) is 42.5 Å². The van der Waals surface area contributed by atoms with E-state index in [9.17, 15) is 4.79 Å². The van der Waals surface area contributed by atoms with Crippen molar-refractivity contribution in [2.45, 2.75) is 13.3 Å². The van der Waals surface area contributed by atoms with E-state index in [1.807, 2.05) is 25.1 Å². The highest BCUT2D eigenvalue weighted by atomic mass is 16.5. The maximum atomic E-state index is 12.3. The number of aromatic nitrogens is 2. The van der Waals surface area contributed by atoms with Gasteiger partial charge in [0.25, 0.3) is 5.91 Å². The number of carbonyl (C=O) groups is 1. The second-order valence-electron chi connectivity index (χ2n) is 4.96. The number of carbonyl (C=O) groups excluding carboxylic acids is 1. The standard InChI is InChI=1S/C17H17N3O2/c1-3-16-19-14-8-7-12(10-15(14)20-16)18-17(21)11-5-4-6-13(9-11)22-2/h4-10H,3H2,1-2H3,(H,18,21)(H,19,20). The van der Waals surface area contributed by atoms with E-state index < -0.39 is 0 Å². The number of nitrogens with one attached hydrogen (secondary N) is 2. The second-order valence-corrected chi connectivity index (χ2v) is 4.96. The molecule has 1 amide bonds. The van der Waals surface area contributed by atoms with Crippen LogP contribution in [0.2, 0.25) is 0 Å². The molecule has 2 N–H and O–H groups in total. The van der Waals surface area contributed by atoms with Crippen LogP contribution in [-0.2, 0) is 6.42 Å². The van der Waals surface area contributed by atoms with Crippen LogP contribution in [0.4, 0.5) is 5.69 Å². The molecule has 22 heavy (non-hydrogen) atoms. The van der Waals surface area contributed by atoms with Gasteiger partial charge in [-0.1, -0.05) is 13.0 Å². The number of H-pyrrole nitrogens is 1. The summed E-state index contributed by atoms with van der Waals surface area (Å²) in [4.78, 5) is 20.0. The molecule has 0 radical (unpaired) electrons. The minimum atomic E-state index is -0.173. The lowest BCUT2D eigenvalue weighted by Gasteiger charge is -2.06. The number of anilines is 1. The normalized spacial score (nSPS) is 10.6. The van der Waals surface area contributed by atoms with Crippen LogP contribution in [0.3, 0.4) is 0 Å². The Morgan fingerprint density at radius 2 is 2.14 bits per heavy atom. The third-order valence-corrected chi connectivity index (χ3v) is 3.46. The highest BCUT2D eigenvalue weighted by Crippen LogP contribution is 2.19. The highest BCUT2D eigenvalue weighted by Gasteiger charge is 2.08. The van der Waals surface area contributed by atoms with Crippen molar-refractivity contribution in [3.8, 4) is 5.75 Å². The van der Waals surface area contributed by atoms with Crippen LogP contribution in [-0.4, -0.2) is 23.0 Å². The lowest BCUT2D eigenvalue weighted by molar-refractivity contribution is 0.102. The van der Waals surface area contributed by atoms with Gasteiger partial charge in [0.05, 0.1) is 18.1 Å². The number of amides is 1. The number of methoxy groups -OCH3 is 1. The number of aryl methyl sites for hydroxylation is 1. The Hall–Kier alpha value is -2.82. The number of benzene rings is 2. The molecule has 1 heterocycles. The minimum Gasteiger partial charge on any atom is -0.497 e. The average Bonchev–Trinajstić information content (AvgIpc) is 2.97. The minimum absolute atomic E-state index is 0.173. The lowest BCUT2D eigenvalue weighted by atomic mass is 10.2. The van der Waals surface area contributed by atoms with E-state index in [0.717, 1.165) is 29.0 Å². The van der Waals surface area contributed by atoms with E-state index in [2.05, 4.69) is 15.3 Å². The molecule has 2 aromatic carbocycles. The number of fused-ring (bicyclic) bond motifs is 1. The predicted octanol–water partition coefficient (Wildman–Crippen LogP) is 3.39. The average molecular weight is 295 g/mol. The Morgan fingerprint density at radius 1 is 1.27 bits per heavy atom. The number of rotatable bonds is 4. The maximum absolute atomic E-state index is 12.3. The monoisotopic (exact) mass is 295 g/mol. The Labute approximate surface area is 128 Å². The summed E-state index contributed by atoms with van der Waals surface area (Å²) in [5, 5.41) is 2.89. The van der Waals surface area contributed by atoms with Gasteiger partial charge in [-0.2, -0.15) is 0 Å². The fourth-order valence-corrected chi connectivity index (χ4v) is 2.28. The summed E-state index contributed by atoms with van der Waals surface area (Å²) in [6.07, 6.45) is 0.847. The zero-order chi connectivity index (χ0) is 15.5. The summed E-state index contributed by atoms with van der Waals surface area (Å²) < 4.78 is 5.13. The summed E-state index contributed by atoms with van der Waals surface area (Å²) in [6, 6.07) is 12.7. The summed E-state index contributed by atoms with van der Waals surface area (Å²) in [5.41, 5.74) is 3.10. The fourth-order valence-electron chi connectivity index (χ4n) is 2.28. The molecule has 0 atom stereocenters. The van der Waals surface area contributed by atoms with Crippen molar-refractivity contribution in [2.24, 2.45) is 0 Å². The Morgan fingerprint density at radius 3 is 2.91 bits per heavy atom. The summed E-state index contributed by atoms with van der Waals surface area (Å²) in [7, 11) is 1.58. The van der Waals surface area contributed by atoms with Gasteiger partial charge in [-0.15, -0.1) is 0 Å². The second kappa shape index (κ2) is 5.89. The van der Waals surface area contributed by atoms with Crippen LogP contribution in [0.1, 0.15) is 23.1 Å². The molecule has 3 aromatic rings. The first kappa shape index (κ1) is 14.1. The van der Waals surface area contributed by atoms with Gasteiger partial charge >= 0.3 is 0 Å². The van der Waals surface area contributed by atoms with E-state index in [1.165, 1.54) is 0 Å². The van der Waals surface area contributed by atoms with E-state index in [1.54, 1.807) is 31.4 Å². The van der Waals surface area contributed by atoms with E-state index >= 15 is 0 Å². The summed E-state index contributed by atoms with van der Waals surface area (Å²) in [5.74, 6) is 1.42. The fraction of sp³-hybridized carbons (Fsp3) is 0.176. The molecule has 112 valence electrons. The van der Waals surface area contributed by atoms with Crippen molar-refractivity contribution >= 4 is 22.6 Å². The molecule has 5 nitrogen and oxygen atoms in total. The third kappa shape index (κ3) is 2.79. The molecule has 0 aliphatic carbocycles. The zero-order valence-electron chi connectivity index (χ0n) is 12.5. The van der Waals surface area contributed by atoms with Gasteiger partial charge in [-0.25, -0.2) is 4.98 Å². The van der Waals surface area contributed by atoms with Crippen molar-refractivity contribution in [1.29, 1.82) is 0 Å². The molecule has 3 rings (SSSR count). The Kier molecular flexibility index (Phi) is 3.78. The number of hydrogen-bond donors (Lipinski definition) is 2. The molecule has 5 heteroatoms. The van der Waals surface area contributed by atoms with Gasteiger partial charge in [0.15, 0.2) is 0 Å². The van der Waals surface area contributed by atoms with Gasteiger partial charge < -0.3 is 15.0 Å². The van der Waals surface area contributed by atoms with Crippen molar-refractivity contribution in [1.82, 2.24) is 9.97 Å². The lowest BCUT2D eigenvalue weighted by Crippen LogP contribution is -2.11. The summed E-state index contributed by atoms with van der Waals surface area (Å²) >= 11 is 0. The van der Waals surface area contributed by atoms with Gasteiger partial charge in [-0.3, -0.25) is 4.79 Å². The molecule has 0 unspecified atom stereocenters. The van der Waals surface area contributed by atoms with Crippen LogP contribution in [0, 0.1) is 0 Å². The number of nitrogens with zero attached hydrogens (tertiary/aromatic N) is 1. The predicted molar refractivity (Wildman–Crippen MR) is 86.4 cm³/mol. The van der Waals surface area contributed by atoms with Gasteiger partial charge in [0, 0.05) is 17.7 Å². The molecular weight excluding hydrogens is 278 g/mol. The van der Waals surface area contributed by atoms with E-state index in [4.69, 9.17) is 4.74 Å². The SMILES string of the molecule is CCc1nc2ccc(NC(=O)c3cccc(OC)c3)cc2[nH]1. The molecule has 0 fully saturated rings. The summed E-state index contributed by atoms with van der Waals surface area (Å²) in [6.45, 7) is 2.04. The highest BCUT2D eigenvalue weighted by molar-refractivity contribution is 6.05. The van der Waals surface area contributed by atoms with E-state index in [-0.39, 0.29) is 5.91 Å². The maximum Gasteiger partial charge on any atom is 0.255 e. The molecule has 0 aliphatic rings. The van der Waals surface area contributed by atoms with Crippen LogP contribution in [0.5, 0.6) is 5.75 Å². The van der Waals surface area contributed by atoms with Crippen molar-refractivity contribution in [2.75, 3.05) is 12.4 Å². The molecular formula is C17H17N3O2. The Bertz CT molecular complexity index is 824. The number of imidazole rings is 1. The van der Waals surface area contributed by atoms with Gasteiger partial charge in [0.2, 0.25) is 0 Å². The van der Waals surface area contributed by atoms with Gasteiger partial charge in [0.1, 0.15) is 11.6 Å². The molecule has 0 spiro atoms. The first-order chi connectivity index (χ1) is 10.7.